The van der Waals surface area contributed by atoms with Gasteiger partial charge in [0.1, 0.15) is 0 Å². The zero-order chi connectivity index (χ0) is 10.7. The fourth-order valence-electron chi connectivity index (χ4n) is 1.02. The summed E-state index contributed by atoms with van der Waals surface area (Å²) >= 11 is 0. The number of phenols is 1. The monoisotopic (exact) mass is 200 g/mol. The Balaban J connectivity index is 2.87. The third kappa shape index (κ3) is 2.20. The molecule has 0 bridgehead atoms. The average molecular weight is 200 g/mol. The van der Waals surface area contributed by atoms with Gasteiger partial charge in [-0.05, 0) is 6.07 Å². The van der Waals surface area contributed by atoms with E-state index >= 15 is 0 Å². The van der Waals surface area contributed by atoms with Gasteiger partial charge in [0.25, 0.3) is 0 Å². The van der Waals surface area contributed by atoms with Crippen LogP contribution in [-0.2, 0) is 11.2 Å². The molecule has 0 fully saturated rings. The van der Waals surface area contributed by atoms with E-state index in [1.165, 1.54) is 12.1 Å². The zero-order valence-corrected chi connectivity index (χ0v) is 7.14. The van der Waals surface area contributed by atoms with E-state index in [4.69, 9.17) is 15.3 Å². The first-order valence-electron chi connectivity index (χ1n) is 3.89. The molecule has 0 aliphatic heterocycles. The van der Waals surface area contributed by atoms with Crippen molar-refractivity contribution >= 4 is 5.97 Å². The van der Waals surface area contributed by atoms with E-state index in [1.807, 2.05) is 0 Å². The van der Waals surface area contributed by atoms with Crippen molar-refractivity contribution in [2.24, 2.45) is 0 Å². The van der Waals surface area contributed by atoms with Crippen molar-refractivity contribution in [3.63, 3.8) is 0 Å². The molecule has 0 aromatic heterocycles. The first-order chi connectivity index (χ1) is 6.52. The van der Waals surface area contributed by atoms with Gasteiger partial charge in [0, 0.05) is 12.0 Å². The molecular formula is C9H9FO4. The van der Waals surface area contributed by atoms with E-state index in [1.54, 1.807) is 0 Å². The Hall–Kier alpha value is -1.62. The average Bonchev–Trinajstić information content (AvgIpc) is 2.12. The summed E-state index contributed by atoms with van der Waals surface area (Å²) < 4.78 is 12.8. The largest absolute Gasteiger partial charge is 0.505 e. The lowest BCUT2D eigenvalue weighted by atomic mass is 10.1. The Bertz CT molecular complexity index is 351. The van der Waals surface area contributed by atoms with Gasteiger partial charge in [0.05, 0.1) is 0 Å². The summed E-state index contributed by atoms with van der Waals surface area (Å²) in [5.41, 5.74) is 0.0694. The maximum Gasteiger partial charge on any atom is 0.332 e. The normalized spacial score (nSPS) is 12.4. The summed E-state index contributed by atoms with van der Waals surface area (Å²) in [5.74, 6) is -2.86. The van der Waals surface area contributed by atoms with Crippen molar-refractivity contribution in [1.82, 2.24) is 0 Å². The van der Waals surface area contributed by atoms with Crippen LogP contribution in [0.3, 0.4) is 0 Å². The molecule has 0 saturated carbocycles. The van der Waals surface area contributed by atoms with Crippen molar-refractivity contribution in [2.45, 2.75) is 12.5 Å². The van der Waals surface area contributed by atoms with Gasteiger partial charge < -0.3 is 15.3 Å². The molecule has 5 heteroatoms. The number of aromatic hydroxyl groups is 1. The van der Waals surface area contributed by atoms with Crippen molar-refractivity contribution in [3.8, 4) is 5.75 Å². The topological polar surface area (TPSA) is 77.8 Å². The summed E-state index contributed by atoms with van der Waals surface area (Å²) in [6.45, 7) is 0. The molecule has 1 rings (SSSR count). The van der Waals surface area contributed by atoms with Crippen LogP contribution < -0.4 is 0 Å². The number of aliphatic hydroxyl groups is 1. The lowest BCUT2D eigenvalue weighted by molar-refractivity contribution is -0.146. The Kier molecular flexibility index (Phi) is 3.03. The number of hydrogen-bond acceptors (Lipinski definition) is 3. The molecule has 0 amide bonds. The Morgan fingerprint density at radius 2 is 2.14 bits per heavy atom. The van der Waals surface area contributed by atoms with E-state index in [9.17, 15) is 9.18 Å². The van der Waals surface area contributed by atoms with Crippen molar-refractivity contribution in [1.29, 1.82) is 0 Å². The third-order valence-electron chi connectivity index (χ3n) is 1.77. The fourth-order valence-corrected chi connectivity index (χ4v) is 1.02. The number of halogens is 1. The van der Waals surface area contributed by atoms with Crippen LogP contribution in [0.1, 0.15) is 5.56 Å². The first-order valence-corrected chi connectivity index (χ1v) is 3.89. The van der Waals surface area contributed by atoms with Crippen LogP contribution in [-0.4, -0.2) is 27.4 Å². The number of phenolic OH excluding ortho intramolecular Hbond substituents is 1. The van der Waals surface area contributed by atoms with Crippen molar-refractivity contribution in [2.75, 3.05) is 0 Å². The highest BCUT2D eigenvalue weighted by atomic mass is 19.1. The molecule has 1 unspecified atom stereocenters. The molecule has 0 saturated heterocycles. The molecule has 0 spiro atoms. The maximum atomic E-state index is 12.8. The van der Waals surface area contributed by atoms with Crippen LogP contribution in [0.15, 0.2) is 18.2 Å². The Labute approximate surface area is 79.2 Å². The van der Waals surface area contributed by atoms with Crippen LogP contribution >= 0.6 is 0 Å². The van der Waals surface area contributed by atoms with Gasteiger partial charge >= 0.3 is 5.97 Å². The molecule has 1 aromatic rings. The smallest absolute Gasteiger partial charge is 0.332 e. The maximum absolute atomic E-state index is 12.8. The van der Waals surface area contributed by atoms with Crippen LogP contribution in [0.25, 0.3) is 0 Å². The molecule has 0 heterocycles. The van der Waals surface area contributed by atoms with Gasteiger partial charge in [-0.2, -0.15) is 0 Å². The van der Waals surface area contributed by atoms with Gasteiger partial charge in [-0.15, -0.1) is 0 Å². The fraction of sp³-hybridized carbons (Fsp3) is 0.222. The second-order valence-electron chi connectivity index (χ2n) is 2.81. The number of aliphatic carboxylic acids is 1. The molecule has 0 aliphatic carbocycles. The van der Waals surface area contributed by atoms with Gasteiger partial charge in [-0.3, -0.25) is 0 Å². The summed E-state index contributed by atoms with van der Waals surface area (Å²) in [7, 11) is 0. The number of carbonyl (C=O) groups is 1. The molecule has 76 valence electrons. The number of rotatable bonds is 3. The molecule has 1 aromatic carbocycles. The standard InChI is InChI=1S/C9H9FO4/c10-6-3-1-2-5(8(6)12)4-7(11)9(13)14/h1-3,7,11-12H,4H2,(H,13,14). The van der Waals surface area contributed by atoms with Gasteiger partial charge in [-0.1, -0.05) is 12.1 Å². The van der Waals surface area contributed by atoms with Crippen molar-refractivity contribution < 1.29 is 24.5 Å². The summed E-state index contributed by atoms with van der Waals surface area (Å²) in [5, 5.41) is 26.5. The molecule has 4 nitrogen and oxygen atoms in total. The molecular weight excluding hydrogens is 191 g/mol. The second kappa shape index (κ2) is 4.06. The number of benzene rings is 1. The van der Waals surface area contributed by atoms with Gasteiger partial charge in [-0.25, -0.2) is 9.18 Å². The van der Waals surface area contributed by atoms with Crippen LogP contribution in [0.4, 0.5) is 4.39 Å². The van der Waals surface area contributed by atoms with Crippen LogP contribution in [0.2, 0.25) is 0 Å². The highest BCUT2D eigenvalue weighted by Crippen LogP contribution is 2.21. The highest BCUT2D eigenvalue weighted by Gasteiger charge is 2.16. The van der Waals surface area contributed by atoms with E-state index < -0.39 is 23.6 Å². The molecule has 1 atom stereocenters. The molecule has 0 aliphatic rings. The SMILES string of the molecule is O=C(O)C(O)Cc1cccc(F)c1O. The predicted molar refractivity (Wildman–Crippen MR) is 45.4 cm³/mol. The highest BCUT2D eigenvalue weighted by molar-refractivity contribution is 5.72. The number of carboxylic acid groups (broad SMARTS) is 1. The molecule has 3 N–H and O–H groups in total. The minimum atomic E-state index is -1.64. The summed E-state index contributed by atoms with van der Waals surface area (Å²) in [6, 6.07) is 3.73. The van der Waals surface area contributed by atoms with E-state index in [0.29, 0.717) is 0 Å². The summed E-state index contributed by atoms with van der Waals surface area (Å²) in [6.07, 6.45) is -1.96. The van der Waals surface area contributed by atoms with E-state index in [-0.39, 0.29) is 12.0 Å². The Morgan fingerprint density at radius 1 is 1.50 bits per heavy atom. The first kappa shape index (κ1) is 10.5. The number of hydrogen-bond donors (Lipinski definition) is 3. The van der Waals surface area contributed by atoms with Crippen molar-refractivity contribution in [3.05, 3.63) is 29.6 Å². The lowest BCUT2D eigenvalue weighted by Gasteiger charge is -2.07. The zero-order valence-electron chi connectivity index (χ0n) is 7.14. The van der Waals surface area contributed by atoms with Crippen LogP contribution in [0.5, 0.6) is 5.75 Å². The third-order valence-corrected chi connectivity index (χ3v) is 1.77. The van der Waals surface area contributed by atoms with Gasteiger partial charge in [0.15, 0.2) is 17.7 Å². The number of para-hydroxylation sites is 1. The summed E-state index contributed by atoms with van der Waals surface area (Å²) in [4.78, 5) is 10.3. The number of carboxylic acids is 1. The lowest BCUT2D eigenvalue weighted by Crippen LogP contribution is -2.22. The Morgan fingerprint density at radius 3 is 2.71 bits per heavy atom. The molecule has 0 radical (unpaired) electrons. The van der Waals surface area contributed by atoms with E-state index in [0.717, 1.165) is 6.07 Å². The molecule has 14 heavy (non-hydrogen) atoms. The minimum Gasteiger partial charge on any atom is -0.505 e. The predicted octanol–water partition coefficient (Wildman–Crippen LogP) is 0.519. The van der Waals surface area contributed by atoms with E-state index in [2.05, 4.69) is 0 Å². The van der Waals surface area contributed by atoms with Crippen LogP contribution in [0, 0.1) is 5.82 Å². The number of aliphatic hydroxyl groups excluding tert-OH is 1. The minimum absolute atomic E-state index is 0.0694. The van der Waals surface area contributed by atoms with Gasteiger partial charge in [0.2, 0.25) is 0 Å². The second-order valence-corrected chi connectivity index (χ2v) is 2.81. The quantitative estimate of drug-likeness (QED) is 0.664.